The number of carbonyl (C=O) groups is 1. The Kier molecular flexibility index (Phi) is 4.07. The number of aromatic nitrogens is 1. The molecule has 1 heterocycles. The molecule has 0 fully saturated rings. The molecule has 7 heteroatoms. The average molecular weight is 332 g/mol. The van der Waals surface area contributed by atoms with Crippen molar-refractivity contribution in [2.75, 3.05) is 5.32 Å². The molecule has 0 spiro atoms. The molecule has 0 aliphatic rings. The standard InChI is InChI=1S/C17H11F3N2O2/c18-17(19,20)24-14-5-1-4-13(10-14)22-16(23)12-7-6-11-3-2-8-21-15(11)9-12/h1-10H,(H,22,23). The number of pyridine rings is 1. The quantitative estimate of drug-likeness (QED) is 0.774. The van der Waals surface area contributed by atoms with Gasteiger partial charge in [-0.2, -0.15) is 0 Å². The summed E-state index contributed by atoms with van der Waals surface area (Å²) in [5, 5.41) is 3.42. The van der Waals surface area contributed by atoms with Gasteiger partial charge in [-0.1, -0.05) is 18.2 Å². The summed E-state index contributed by atoms with van der Waals surface area (Å²) in [6.45, 7) is 0. The molecule has 0 saturated carbocycles. The zero-order valence-corrected chi connectivity index (χ0v) is 12.2. The lowest BCUT2D eigenvalue weighted by atomic mass is 10.1. The Balaban J connectivity index is 1.79. The fraction of sp³-hybridized carbons (Fsp3) is 0.0588. The average Bonchev–Trinajstić information content (AvgIpc) is 2.53. The van der Waals surface area contributed by atoms with Crippen molar-refractivity contribution in [3.05, 3.63) is 66.4 Å². The molecule has 122 valence electrons. The van der Waals surface area contributed by atoms with E-state index in [4.69, 9.17) is 0 Å². The van der Waals surface area contributed by atoms with E-state index in [1.807, 2.05) is 6.07 Å². The van der Waals surface area contributed by atoms with Gasteiger partial charge in [-0.3, -0.25) is 9.78 Å². The largest absolute Gasteiger partial charge is 0.573 e. The Labute approximate surface area is 134 Å². The number of alkyl halides is 3. The van der Waals surface area contributed by atoms with Crippen molar-refractivity contribution in [1.29, 1.82) is 0 Å². The Hall–Kier alpha value is -3.09. The van der Waals surface area contributed by atoms with Crippen LogP contribution in [0.15, 0.2) is 60.8 Å². The van der Waals surface area contributed by atoms with E-state index in [-0.39, 0.29) is 5.69 Å². The predicted molar refractivity (Wildman–Crippen MR) is 82.8 cm³/mol. The Morgan fingerprint density at radius 2 is 1.88 bits per heavy atom. The molecular weight excluding hydrogens is 321 g/mol. The van der Waals surface area contributed by atoms with Gasteiger partial charge in [0.1, 0.15) is 5.75 Å². The molecule has 2 aromatic carbocycles. The molecular formula is C17H11F3N2O2. The van der Waals surface area contributed by atoms with Gasteiger partial charge in [-0.15, -0.1) is 13.2 Å². The summed E-state index contributed by atoms with van der Waals surface area (Å²) in [6, 6.07) is 13.7. The smallest absolute Gasteiger partial charge is 0.406 e. The van der Waals surface area contributed by atoms with E-state index in [1.54, 1.807) is 30.5 Å². The van der Waals surface area contributed by atoms with Crippen molar-refractivity contribution in [2.45, 2.75) is 6.36 Å². The molecule has 3 aromatic rings. The van der Waals surface area contributed by atoms with Crippen molar-refractivity contribution in [1.82, 2.24) is 4.98 Å². The van der Waals surface area contributed by atoms with E-state index in [0.717, 1.165) is 17.5 Å². The number of rotatable bonds is 3. The third kappa shape index (κ3) is 3.81. The monoisotopic (exact) mass is 332 g/mol. The van der Waals surface area contributed by atoms with Gasteiger partial charge >= 0.3 is 6.36 Å². The van der Waals surface area contributed by atoms with E-state index >= 15 is 0 Å². The minimum absolute atomic E-state index is 0.197. The minimum atomic E-state index is -4.79. The van der Waals surface area contributed by atoms with Crippen LogP contribution in [0.4, 0.5) is 18.9 Å². The summed E-state index contributed by atoms with van der Waals surface area (Å²) >= 11 is 0. The van der Waals surface area contributed by atoms with Crippen molar-refractivity contribution in [2.24, 2.45) is 0 Å². The number of carbonyl (C=O) groups excluding carboxylic acids is 1. The lowest BCUT2D eigenvalue weighted by molar-refractivity contribution is -0.274. The Morgan fingerprint density at radius 3 is 2.67 bits per heavy atom. The number of hydrogen-bond donors (Lipinski definition) is 1. The predicted octanol–water partition coefficient (Wildman–Crippen LogP) is 4.39. The van der Waals surface area contributed by atoms with Crippen molar-refractivity contribution in [3.8, 4) is 5.75 Å². The molecule has 0 atom stereocenters. The van der Waals surface area contributed by atoms with Gasteiger partial charge < -0.3 is 10.1 Å². The summed E-state index contributed by atoms with van der Waals surface area (Å²) in [4.78, 5) is 16.4. The van der Waals surface area contributed by atoms with E-state index in [1.165, 1.54) is 12.1 Å². The van der Waals surface area contributed by atoms with Crippen LogP contribution in [0.5, 0.6) is 5.75 Å². The SMILES string of the molecule is O=C(Nc1cccc(OC(F)(F)F)c1)c1ccc2cccnc2c1. The Bertz CT molecular complexity index is 894. The molecule has 3 rings (SSSR count). The fourth-order valence-corrected chi connectivity index (χ4v) is 2.18. The summed E-state index contributed by atoms with van der Waals surface area (Å²) in [6.07, 6.45) is -3.17. The maximum absolute atomic E-state index is 12.3. The summed E-state index contributed by atoms with van der Waals surface area (Å²) < 4.78 is 40.5. The van der Waals surface area contributed by atoms with Crippen molar-refractivity contribution >= 4 is 22.5 Å². The number of benzene rings is 2. The van der Waals surface area contributed by atoms with Gasteiger partial charge in [0.05, 0.1) is 5.52 Å². The van der Waals surface area contributed by atoms with Crippen LogP contribution in [0.25, 0.3) is 10.9 Å². The second-order valence-electron chi connectivity index (χ2n) is 4.94. The van der Waals surface area contributed by atoms with E-state index in [0.29, 0.717) is 11.1 Å². The molecule has 1 aromatic heterocycles. The number of nitrogens with zero attached hydrogens (tertiary/aromatic N) is 1. The van der Waals surface area contributed by atoms with Crippen LogP contribution in [0, 0.1) is 0 Å². The molecule has 24 heavy (non-hydrogen) atoms. The maximum atomic E-state index is 12.3. The summed E-state index contributed by atoms with van der Waals surface area (Å²) in [5.41, 5.74) is 1.20. The lowest BCUT2D eigenvalue weighted by Gasteiger charge is -2.11. The molecule has 0 bridgehead atoms. The van der Waals surface area contributed by atoms with Crippen molar-refractivity contribution in [3.63, 3.8) is 0 Å². The number of amides is 1. The second kappa shape index (κ2) is 6.19. The number of anilines is 1. The van der Waals surface area contributed by atoms with Crippen LogP contribution in [-0.2, 0) is 0 Å². The lowest BCUT2D eigenvalue weighted by Crippen LogP contribution is -2.17. The highest BCUT2D eigenvalue weighted by atomic mass is 19.4. The first-order valence-corrected chi connectivity index (χ1v) is 6.93. The number of hydrogen-bond acceptors (Lipinski definition) is 3. The van der Waals surface area contributed by atoms with Gasteiger partial charge in [0.15, 0.2) is 0 Å². The van der Waals surface area contributed by atoms with Gasteiger partial charge in [0, 0.05) is 28.9 Å². The highest BCUT2D eigenvalue weighted by molar-refractivity contribution is 6.06. The first-order chi connectivity index (χ1) is 11.4. The van der Waals surface area contributed by atoms with E-state index < -0.39 is 18.0 Å². The molecule has 0 radical (unpaired) electrons. The van der Waals surface area contributed by atoms with Crippen LogP contribution in [0.1, 0.15) is 10.4 Å². The molecule has 0 unspecified atom stereocenters. The van der Waals surface area contributed by atoms with Crippen LogP contribution in [0.3, 0.4) is 0 Å². The third-order valence-corrected chi connectivity index (χ3v) is 3.19. The molecule has 0 aliphatic carbocycles. The molecule has 1 N–H and O–H groups in total. The maximum Gasteiger partial charge on any atom is 0.573 e. The van der Waals surface area contributed by atoms with Gasteiger partial charge in [-0.05, 0) is 30.3 Å². The third-order valence-electron chi connectivity index (χ3n) is 3.19. The zero-order valence-electron chi connectivity index (χ0n) is 12.2. The van der Waals surface area contributed by atoms with Crippen molar-refractivity contribution < 1.29 is 22.7 Å². The van der Waals surface area contributed by atoms with Gasteiger partial charge in [0.25, 0.3) is 5.91 Å². The first kappa shape index (κ1) is 15.8. The van der Waals surface area contributed by atoms with Crippen LogP contribution >= 0.6 is 0 Å². The number of ether oxygens (including phenoxy) is 1. The molecule has 0 aliphatic heterocycles. The van der Waals surface area contributed by atoms with E-state index in [2.05, 4.69) is 15.0 Å². The first-order valence-electron chi connectivity index (χ1n) is 6.93. The van der Waals surface area contributed by atoms with Gasteiger partial charge in [0.2, 0.25) is 0 Å². The topological polar surface area (TPSA) is 51.2 Å². The van der Waals surface area contributed by atoms with Crippen LogP contribution < -0.4 is 10.1 Å². The molecule has 1 amide bonds. The number of halogens is 3. The normalized spacial score (nSPS) is 11.3. The fourth-order valence-electron chi connectivity index (χ4n) is 2.18. The molecule has 0 saturated heterocycles. The van der Waals surface area contributed by atoms with Crippen LogP contribution in [-0.4, -0.2) is 17.3 Å². The van der Waals surface area contributed by atoms with Gasteiger partial charge in [-0.25, -0.2) is 0 Å². The van der Waals surface area contributed by atoms with Crippen LogP contribution in [0.2, 0.25) is 0 Å². The molecule has 4 nitrogen and oxygen atoms in total. The highest BCUT2D eigenvalue weighted by Gasteiger charge is 2.31. The zero-order chi connectivity index (χ0) is 17.2. The summed E-state index contributed by atoms with van der Waals surface area (Å²) in [7, 11) is 0. The summed E-state index contributed by atoms with van der Waals surface area (Å²) in [5.74, 6) is -0.854. The Morgan fingerprint density at radius 1 is 1.04 bits per heavy atom. The van der Waals surface area contributed by atoms with E-state index in [9.17, 15) is 18.0 Å². The second-order valence-corrected chi connectivity index (χ2v) is 4.94. The number of fused-ring (bicyclic) bond motifs is 1. The minimum Gasteiger partial charge on any atom is -0.406 e. The highest BCUT2D eigenvalue weighted by Crippen LogP contribution is 2.25. The number of nitrogens with one attached hydrogen (secondary N) is 1.